The van der Waals surface area contributed by atoms with E-state index in [1.165, 1.54) is 49.0 Å². The second kappa shape index (κ2) is 6.85. The Balaban J connectivity index is 1.43. The molecule has 2 fully saturated rings. The number of carbonyl (C=O) groups excluding carboxylic acids is 1. The predicted molar refractivity (Wildman–Crippen MR) is 96.2 cm³/mol. The molecule has 2 aliphatic carbocycles. The Kier molecular flexibility index (Phi) is 4.60. The summed E-state index contributed by atoms with van der Waals surface area (Å²) in [5.74, 6) is 0.846. The SMILES string of the molecule is N#Cc1c(NC(=O)CN2CCC[C@H]3CCCC[C@H]32)sc2c1CCC2. The van der Waals surface area contributed by atoms with Crippen molar-refractivity contribution in [1.29, 1.82) is 5.26 Å². The van der Waals surface area contributed by atoms with E-state index >= 15 is 0 Å². The molecule has 3 aliphatic rings. The average molecular weight is 343 g/mol. The van der Waals surface area contributed by atoms with Crippen molar-refractivity contribution < 1.29 is 4.79 Å². The van der Waals surface area contributed by atoms with Crippen LogP contribution in [0.1, 0.15) is 60.9 Å². The number of nitrogens with one attached hydrogen (secondary N) is 1. The first-order valence-corrected chi connectivity index (χ1v) is 10.2. The van der Waals surface area contributed by atoms with Crippen LogP contribution in [0.3, 0.4) is 0 Å². The van der Waals surface area contributed by atoms with E-state index in [9.17, 15) is 10.1 Å². The highest BCUT2D eigenvalue weighted by atomic mass is 32.1. The van der Waals surface area contributed by atoms with Crippen LogP contribution in [0.4, 0.5) is 5.00 Å². The van der Waals surface area contributed by atoms with Crippen LogP contribution in [-0.4, -0.2) is 29.9 Å². The van der Waals surface area contributed by atoms with E-state index in [4.69, 9.17) is 0 Å². The summed E-state index contributed by atoms with van der Waals surface area (Å²) >= 11 is 1.61. The summed E-state index contributed by atoms with van der Waals surface area (Å²) < 4.78 is 0. The first kappa shape index (κ1) is 16.1. The van der Waals surface area contributed by atoms with E-state index < -0.39 is 0 Å². The number of piperidine rings is 1. The van der Waals surface area contributed by atoms with Gasteiger partial charge in [-0.05, 0) is 63.0 Å². The molecule has 1 aliphatic heterocycles. The predicted octanol–water partition coefficient (Wildman–Crippen LogP) is 3.70. The van der Waals surface area contributed by atoms with Crippen LogP contribution in [0.2, 0.25) is 0 Å². The van der Waals surface area contributed by atoms with Crippen molar-refractivity contribution in [3.8, 4) is 6.07 Å². The lowest BCUT2D eigenvalue weighted by atomic mass is 9.78. The van der Waals surface area contributed by atoms with E-state index in [-0.39, 0.29) is 5.91 Å². The second-order valence-corrected chi connectivity index (χ2v) is 8.55. The number of likely N-dealkylation sites (tertiary alicyclic amines) is 1. The minimum Gasteiger partial charge on any atom is -0.315 e. The van der Waals surface area contributed by atoms with Gasteiger partial charge in [0.1, 0.15) is 11.1 Å². The van der Waals surface area contributed by atoms with Gasteiger partial charge >= 0.3 is 0 Å². The maximum absolute atomic E-state index is 12.6. The Morgan fingerprint density at radius 2 is 2.04 bits per heavy atom. The summed E-state index contributed by atoms with van der Waals surface area (Å²) in [7, 11) is 0. The topological polar surface area (TPSA) is 56.1 Å². The van der Waals surface area contributed by atoms with Crippen molar-refractivity contribution >= 4 is 22.2 Å². The van der Waals surface area contributed by atoms with Crippen LogP contribution < -0.4 is 5.32 Å². The average Bonchev–Trinajstić information content (AvgIpc) is 3.15. The second-order valence-electron chi connectivity index (χ2n) is 7.45. The van der Waals surface area contributed by atoms with Crippen molar-refractivity contribution in [1.82, 2.24) is 4.90 Å². The zero-order chi connectivity index (χ0) is 16.5. The van der Waals surface area contributed by atoms with Crippen molar-refractivity contribution in [2.24, 2.45) is 5.92 Å². The Bertz CT molecular complexity index is 673. The van der Waals surface area contributed by atoms with E-state index in [0.29, 0.717) is 12.6 Å². The molecule has 2 atom stereocenters. The number of fused-ring (bicyclic) bond motifs is 2. The monoisotopic (exact) mass is 343 g/mol. The largest absolute Gasteiger partial charge is 0.315 e. The zero-order valence-electron chi connectivity index (χ0n) is 14.1. The van der Waals surface area contributed by atoms with Gasteiger partial charge in [-0.3, -0.25) is 9.69 Å². The summed E-state index contributed by atoms with van der Waals surface area (Å²) in [5, 5.41) is 13.3. The molecule has 1 saturated heterocycles. The standard InChI is InChI=1S/C19H25N3OS/c20-11-15-14-7-3-9-17(14)24-19(15)21-18(23)12-22-10-4-6-13-5-1-2-8-16(13)22/h13,16H,1-10,12H2,(H,21,23)/t13-,16-/m1/s1. The molecule has 4 nitrogen and oxygen atoms in total. The van der Waals surface area contributed by atoms with Crippen LogP contribution in [-0.2, 0) is 17.6 Å². The lowest BCUT2D eigenvalue weighted by Crippen LogP contribution is -2.49. The lowest BCUT2D eigenvalue weighted by Gasteiger charge is -2.43. The summed E-state index contributed by atoms with van der Waals surface area (Å²) in [6, 6.07) is 2.91. The first-order chi connectivity index (χ1) is 11.8. The summed E-state index contributed by atoms with van der Waals surface area (Å²) in [5.41, 5.74) is 1.90. The number of hydrogen-bond acceptors (Lipinski definition) is 4. The molecule has 1 aromatic heterocycles. The van der Waals surface area contributed by atoms with Crippen LogP contribution in [0.25, 0.3) is 0 Å². The number of nitrogens with zero attached hydrogens (tertiary/aromatic N) is 2. The van der Waals surface area contributed by atoms with Crippen molar-refractivity contribution in [2.45, 2.75) is 63.8 Å². The third kappa shape index (κ3) is 2.98. The van der Waals surface area contributed by atoms with E-state index in [1.54, 1.807) is 11.3 Å². The molecule has 1 saturated carbocycles. The lowest BCUT2D eigenvalue weighted by molar-refractivity contribution is -0.118. The van der Waals surface area contributed by atoms with Crippen LogP contribution >= 0.6 is 11.3 Å². The third-order valence-corrected chi connectivity index (χ3v) is 7.20. The summed E-state index contributed by atoms with van der Waals surface area (Å²) in [6.07, 6.45) is 11.0. The van der Waals surface area contributed by atoms with Gasteiger partial charge in [-0.15, -0.1) is 11.3 Å². The fraction of sp³-hybridized carbons (Fsp3) is 0.684. The molecule has 2 heterocycles. The highest BCUT2D eigenvalue weighted by Crippen LogP contribution is 2.39. The smallest absolute Gasteiger partial charge is 0.239 e. The number of amides is 1. The van der Waals surface area contributed by atoms with E-state index in [0.717, 1.165) is 42.3 Å². The van der Waals surface area contributed by atoms with Gasteiger partial charge in [0.05, 0.1) is 12.1 Å². The minimum atomic E-state index is 0.0534. The number of thiophene rings is 1. The normalized spacial score (nSPS) is 26.5. The molecule has 1 N–H and O–H groups in total. The molecule has 5 heteroatoms. The molecule has 0 spiro atoms. The molecule has 0 radical (unpaired) electrons. The number of nitriles is 1. The van der Waals surface area contributed by atoms with Gasteiger partial charge in [-0.1, -0.05) is 12.8 Å². The molecular formula is C19H25N3OS. The molecule has 0 aromatic carbocycles. The van der Waals surface area contributed by atoms with Gasteiger partial charge in [-0.25, -0.2) is 0 Å². The Labute approximate surface area is 147 Å². The van der Waals surface area contributed by atoms with Gasteiger partial charge in [0.2, 0.25) is 5.91 Å². The highest BCUT2D eigenvalue weighted by molar-refractivity contribution is 7.16. The van der Waals surface area contributed by atoms with E-state index in [2.05, 4.69) is 16.3 Å². The molecule has 1 amide bonds. The van der Waals surface area contributed by atoms with Crippen LogP contribution in [0, 0.1) is 17.2 Å². The number of carbonyl (C=O) groups is 1. The van der Waals surface area contributed by atoms with Crippen molar-refractivity contribution in [3.63, 3.8) is 0 Å². The number of aryl methyl sites for hydroxylation is 1. The summed E-state index contributed by atoms with van der Waals surface area (Å²) in [4.78, 5) is 16.3. The van der Waals surface area contributed by atoms with Crippen LogP contribution in [0.5, 0.6) is 0 Å². The minimum absolute atomic E-state index is 0.0534. The zero-order valence-corrected chi connectivity index (χ0v) is 15.0. The quantitative estimate of drug-likeness (QED) is 0.910. The van der Waals surface area contributed by atoms with Gasteiger partial charge in [0, 0.05) is 10.9 Å². The first-order valence-electron chi connectivity index (χ1n) is 9.35. The number of anilines is 1. The molecule has 24 heavy (non-hydrogen) atoms. The molecule has 0 bridgehead atoms. The Morgan fingerprint density at radius 3 is 2.92 bits per heavy atom. The van der Waals surface area contributed by atoms with Gasteiger partial charge in [-0.2, -0.15) is 5.26 Å². The fourth-order valence-corrected chi connectivity index (χ4v) is 6.14. The van der Waals surface area contributed by atoms with Gasteiger partial charge < -0.3 is 5.32 Å². The highest BCUT2D eigenvalue weighted by Gasteiger charge is 2.34. The number of hydrogen-bond donors (Lipinski definition) is 1. The Hall–Kier alpha value is -1.38. The maximum Gasteiger partial charge on any atom is 0.239 e. The van der Waals surface area contributed by atoms with Gasteiger partial charge in [0.25, 0.3) is 0 Å². The fourth-order valence-electron chi connectivity index (χ4n) is 4.89. The van der Waals surface area contributed by atoms with Crippen molar-refractivity contribution in [3.05, 3.63) is 16.0 Å². The molecular weight excluding hydrogens is 318 g/mol. The van der Waals surface area contributed by atoms with Crippen molar-refractivity contribution in [2.75, 3.05) is 18.4 Å². The molecule has 1 aromatic rings. The maximum atomic E-state index is 12.6. The third-order valence-electron chi connectivity index (χ3n) is 5.99. The molecule has 4 rings (SSSR count). The molecule has 128 valence electrons. The molecule has 0 unspecified atom stereocenters. The van der Waals surface area contributed by atoms with Gasteiger partial charge in [0.15, 0.2) is 0 Å². The van der Waals surface area contributed by atoms with Crippen LogP contribution in [0.15, 0.2) is 0 Å². The Morgan fingerprint density at radius 1 is 1.21 bits per heavy atom. The van der Waals surface area contributed by atoms with E-state index in [1.807, 2.05) is 0 Å². The number of rotatable bonds is 3. The summed E-state index contributed by atoms with van der Waals surface area (Å²) in [6.45, 7) is 1.52.